The maximum atomic E-state index is 11.6. The minimum atomic E-state index is -0.407. The molecule has 2 rings (SSSR count). The van der Waals surface area contributed by atoms with E-state index in [0.29, 0.717) is 17.3 Å². The number of anilines is 2. The molecule has 0 aliphatic heterocycles. The molecule has 1 aromatic carbocycles. The van der Waals surface area contributed by atoms with Crippen molar-refractivity contribution in [2.45, 2.75) is 33.7 Å². The lowest BCUT2D eigenvalue weighted by atomic mass is 10.0. The molecular weight excluding hydrogens is 240 g/mol. The van der Waals surface area contributed by atoms with Gasteiger partial charge in [-0.15, -0.1) is 0 Å². The molecule has 0 amide bonds. The summed E-state index contributed by atoms with van der Waals surface area (Å²) in [6.07, 6.45) is 0. The van der Waals surface area contributed by atoms with Crippen molar-refractivity contribution in [2.75, 3.05) is 18.2 Å². The molecule has 104 valence electrons. The van der Waals surface area contributed by atoms with Crippen LogP contribution in [0.1, 0.15) is 38.1 Å². The van der Waals surface area contributed by atoms with E-state index in [-0.39, 0.29) is 10.8 Å². The molecule has 0 radical (unpaired) electrons. The fourth-order valence-electron chi connectivity index (χ4n) is 2.66. The number of esters is 1. The zero-order chi connectivity index (χ0) is 14.4. The molecule has 0 heterocycles. The Balaban J connectivity index is 2.22. The van der Waals surface area contributed by atoms with Crippen LogP contribution in [0.15, 0.2) is 18.2 Å². The Morgan fingerprint density at radius 1 is 1.26 bits per heavy atom. The van der Waals surface area contributed by atoms with E-state index in [4.69, 9.17) is 10.5 Å². The molecular formula is C15H22N2O2. The predicted octanol–water partition coefficient (Wildman–Crippen LogP) is 2.90. The van der Waals surface area contributed by atoms with Crippen LogP contribution >= 0.6 is 0 Å². The van der Waals surface area contributed by atoms with Crippen molar-refractivity contribution < 1.29 is 9.53 Å². The van der Waals surface area contributed by atoms with Gasteiger partial charge in [0.2, 0.25) is 0 Å². The van der Waals surface area contributed by atoms with E-state index in [1.165, 1.54) is 7.11 Å². The van der Waals surface area contributed by atoms with Crippen molar-refractivity contribution >= 4 is 17.3 Å². The Morgan fingerprint density at radius 3 is 2.32 bits per heavy atom. The standard InChI is InChI=1S/C15H22N2O2/c1-14(2)13(15(14,3)4)17-9-6-7-11(16)10(8-9)12(18)19-5/h6-8,13,17H,16H2,1-5H3. The molecule has 19 heavy (non-hydrogen) atoms. The summed E-state index contributed by atoms with van der Waals surface area (Å²) in [7, 11) is 1.36. The fraction of sp³-hybridized carbons (Fsp3) is 0.533. The van der Waals surface area contributed by atoms with Gasteiger partial charge in [0, 0.05) is 17.4 Å². The quantitative estimate of drug-likeness (QED) is 0.649. The summed E-state index contributed by atoms with van der Waals surface area (Å²) in [6, 6.07) is 5.77. The predicted molar refractivity (Wildman–Crippen MR) is 77.2 cm³/mol. The third-order valence-corrected chi connectivity index (χ3v) is 4.79. The number of carbonyl (C=O) groups is 1. The average Bonchev–Trinajstić information content (AvgIpc) is 2.73. The summed E-state index contributed by atoms with van der Waals surface area (Å²) >= 11 is 0. The summed E-state index contributed by atoms with van der Waals surface area (Å²) in [5.74, 6) is -0.407. The monoisotopic (exact) mass is 262 g/mol. The maximum Gasteiger partial charge on any atom is 0.340 e. The van der Waals surface area contributed by atoms with Crippen molar-refractivity contribution in [2.24, 2.45) is 10.8 Å². The van der Waals surface area contributed by atoms with Crippen LogP contribution in [-0.2, 0) is 4.74 Å². The molecule has 4 heteroatoms. The topological polar surface area (TPSA) is 64.3 Å². The van der Waals surface area contributed by atoms with Crippen LogP contribution in [0.4, 0.5) is 11.4 Å². The van der Waals surface area contributed by atoms with Crippen molar-refractivity contribution in [3.8, 4) is 0 Å². The van der Waals surface area contributed by atoms with Gasteiger partial charge in [-0.1, -0.05) is 27.7 Å². The highest BCUT2D eigenvalue weighted by atomic mass is 16.5. The SMILES string of the molecule is COC(=O)c1cc(NC2C(C)(C)C2(C)C)ccc1N. The normalized spacial score (nSPS) is 19.8. The third kappa shape index (κ3) is 2.05. The van der Waals surface area contributed by atoms with Crippen LogP contribution in [0.25, 0.3) is 0 Å². The second-order valence-electron chi connectivity index (χ2n) is 6.31. The van der Waals surface area contributed by atoms with Gasteiger partial charge in [0.25, 0.3) is 0 Å². The Labute approximate surface area is 114 Å². The molecule has 1 aliphatic rings. The van der Waals surface area contributed by atoms with Gasteiger partial charge in [0.05, 0.1) is 12.7 Å². The number of carbonyl (C=O) groups excluding carboxylic acids is 1. The Bertz CT molecular complexity index is 507. The van der Waals surface area contributed by atoms with Gasteiger partial charge >= 0.3 is 5.97 Å². The van der Waals surface area contributed by atoms with E-state index in [0.717, 1.165) is 5.69 Å². The minimum absolute atomic E-state index is 0.236. The summed E-state index contributed by atoms with van der Waals surface area (Å²) in [4.78, 5) is 11.6. The molecule has 1 aromatic rings. The lowest BCUT2D eigenvalue weighted by molar-refractivity contribution is 0.0602. The summed E-state index contributed by atoms with van der Waals surface area (Å²) in [5.41, 5.74) is 8.01. The Kier molecular flexibility index (Phi) is 3.00. The second kappa shape index (κ2) is 4.15. The summed E-state index contributed by atoms with van der Waals surface area (Å²) in [5, 5.41) is 3.48. The van der Waals surface area contributed by atoms with E-state index in [1.54, 1.807) is 12.1 Å². The highest BCUT2D eigenvalue weighted by molar-refractivity contribution is 5.96. The number of hydrogen-bond acceptors (Lipinski definition) is 4. The summed E-state index contributed by atoms with van der Waals surface area (Å²) in [6.45, 7) is 8.96. The summed E-state index contributed by atoms with van der Waals surface area (Å²) < 4.78 is 4.73. The van der Waals surface area contributed by atoms with Gasteiger partial charge in [-0.05, 0) is 29.0 Å². The van der Waals surface area contributed by atoms with E-state index in [9.17, 15) is 4.79 Å². The van der Waals surface area contributed by atoms with E-state index >= 15 is 0 Å². The highest BCUT2D eigenvalue weighted by Gasteiger charge is 2.64. The largest absolute Gasteiger partial charge is 0.465 e. The number of nitrogens with two attached hydrogens (primary N) is 1. The van der Waals surface area contributed by atoms with Gasteiger partial charge in [-0.2, -0.15) is 0 Å². The van der Waals surface area contributed by atoms with Gasteiger partial charge < -0.3 is 15.8 Å². The average molecular weight is 262 g/mol. The van der Waals surface area contributed by atoms with Crippen LogP contribution in [0, 0.1) is 10.8 Å². The van der Waals surface area contributed by atoms with Crippen molar-refractivity contribution in [1.29, 1.82) is 0 Å². The van der Waals surface area contributed by atoms with Gasteiger partial charge in [0.1, 0.15) is 0 Å². The molecule has 1 aliphatic carbocycles. The van der Waals surface area contributed by atoms with E-state index in [1.807, 2.05) is 6.07 Å². The van der Waals surface area contributed by atoms with Crippen molar-refractivity contribution in [3.05, 3.63) is 23.8 Å². The first-order valence-corrected chi connectivity index (χ1v) is 6.46. The van der Waals surface area contributed by atoms with Gasteiger partial charge in [0.15, 0.2) is 0 Å². The molecule has 0 aromatic heterocycles. The van der Waals surface area contributed by atoms with Crippen molar-refractivity contribution in [1.82, 2.24) is 0 Å². The number of nitrogens with one attached hydrogen (secondary N) is 1. The van der Waals surface area contributed by atoms with Crippen molar-refractivity contribution in [3.63, 3.8) is 0 Å². The Morgan fingerprint density at radius 2 is 1.84 bits per heavy atom. The zero-order valence-corrected chi connectivity index (χ0v) is 12.2. The lowest BCUT2D eigenvalue weighted by Crippen LogP contribution is -2.12. The maximum absolute atomic E-state index is 11.6. The fourth-order valence-corrected chi connectivity index (χ4v) is 2.66. The molecule has 0 spiro atoms. The number of rotatable bonds is 3. The van der Waals surface area contributed by atoms with E-state index < -0.39 is 5.97 Å². The molecule has 4 nitrogen and oxygen atoms in total. The van der Waals surface area contributed by atoms with Crippen LogP contribution in [0.2, 0.25) is 0 Å². The third-order valence-electron chi connectivity index (χ3n) is 4.79. The van der Waals surface area contributed by atoms with Crippen LogP contribution in [0.3, 0.4) is 0 Å². The number of benzene rings is 1. The smallest absolute Gasteiger partial charge is 0.340 e. The highest BCUT2D eigenvalue weighted by Crippen LogP contribution is 2.63. The molecule has 0 bridgehead atoms. The second-order valence-corrected chi connectivity index (χ2v) is 6.31. The van der Waals surface area contributed by atoms with Gasteiger partial charge in [-0.3, -0.25) is 0 Å². The molecule has 0 saturated heterocycles. The minimum Gasteiger partial charge on any atom is -0.465 e. The molecule has 0 atom stereocenters. The van der Waals surface area contributed by atoms with Gasteiger partial charge in [-0.25, -0.2) is 4.79 Å². The first-order chi connectivity index (χ1) is 8.71. The van der Waals surface area contributed by atoms with Crippen LogP contribution in [0.5, 0.6) is 0 Å². The molecule has 3 N–H and O–H groups in total. The first-order valence-electron chi connectivity index (χ1n) is 6.46. The first kappa shape index (κ1) is 13.7. The number of hydrogen-bond donors (Lipinski definition) is 2. The lowest BCUT2D eigenvalue weighted by Gasteiger charge is -2.11. The molecule has 1 saturated carbocycles. The van der Waals surface area contributed by atoms with E-state index in [2.05, 4.69) is 33.0 Å². The number of nitrogen functional groups attached to an aromatic ring is 1. The molecule has 1 fully saturated rings. The van der Waals surface area contributed by atoms with Crippen LogP contribution in [-0.4, -0.2) is 19.1 Å². The zero-order valence-electron chi connectivity index (χ0n) is 12.2. The molecule has 0 unspecified atom stereocenters. The van der Waals surface area contributed by atoms with Crippen LogP contribution < -0.4 is 11.1 Å². The number of ether oxygens (including phenoxy) is 1. The number of methoxy groups -OCH3 is 1. The Hall–Kier alpha value is -1.71.